The number of carbonyl (C=O) groups excluding carboxylic acids is 1. The molecule has 0 aromatic heterocycles. The van der Waals surface area contributed by atoms with Gasteiger partial charge in [-0.3, -0.25) is 0 Å². The number of hydrogen-bond donors (Lipinski definition) is 2. The highest BCUT2D eigenvalue weighted by Crippen LogP contribution is 2.29. The standard InChI is InChI=1S/C29H32ClNO5/c1-2-34-29(33)19-35-25-12-9-21-8-11-24(14-23(21)15-25)31-17-27(32)22-10-13-28(26(30)16-22)36-18-20-6-4-3-5-7-20/h3-7,9-10,12-13,15-16,24,27,31-32H,2,8,11,14,17-19H2,1H3/t24-,27?/m0/s1. The third-order valence-electron chi connectivity index (χ3n) is 6.25. The van der Waals surface area contributed by atoms with Gasteiger partial charge in [0.2, 0.25) is 0 Å². The Bertz CT molecular complexity index is 1150. The number of benzene rings is 3. The van der Waals surface area contributed by atoms with Crippen molar-refractivity contribution in [2.45, 2.75) is 44.9 Å². The van der Waals surface area contributed by atoms with Crippen molar-refractivity contribution in [3.8, 4) is 11.5 Å². The topological polar surface area (TPSA) is 77.0 Å². The average molecular weight is 510 g/mol. The second-order valence-electron chi connectivity index (χ2n) is 8.85. The van der Waals surface area contributed by atoms with Crippen molar-refractivity contribution in [3.63, 3.8) is 0 Å². The molecule has 190 valence electrons. The van der Waals surface area contributed by atoms with Crippen LogP contribution in [0.2, 0.25) is 5.02 Å². The predicted molar refractivity (Wildman–Crippen MR) is 140 cm³/mol. The van der Waals surface area contributed by atoms with Gasteiger partial charge in [0.1, 0.15) is 18.1 Å². The minimum Gasteiger partial charge on any atom is -0.487 e. The summed E-state index contributed by atoms with van der Waals surface area (Å²) < 4.78 is 16.3. The van der Waals surface area contributed by atoms with E-state index in [1.807, 2.05) is 48.5 Å². The smallest absolute Gasteiger partial charge is 0.344 e. The van der Waals surface area contributed by atoms with Crippen LogP contribution in [0.25, 0.3) is 0 Å². The molecule has 0 fully saturated rings. The summed E-state index contributed by atoms with van der Waals surface area (Å²) in [5, 5.41) is 14.7. The van der Waals surface area contributed by atoms with Crippen LogP contribution in [-0.4, -0.2) is 36.9 Å². The number of aryl methyl sites for hydroxylation is 1. The van der Waals surface area contributed by atoms with Gasteiger partial charge in [0.15, 0.2) is 6.61 Å². The monoisotopic (exact) mass is 509 g/mol. The predicted octanol–water partition coefficient (Wildman–Crippen LogP) is 5.04. The summed E-state index contributed by atoms with van der Waals surface area (Å²) in [4.78, 5) is 11.6. The Labute approximate surface area is 217 Å². The molecule has 0 radical (unpaired) electrons. The van der Waals surface area contributed by atoms with E-state index in [0.29, 0.717) is 36.3 Å². The Morgan fingerprint density at radius 3 is 2.69 bits per heavy atom. The minimum atomic E-state index is -0.689. The van der Waals surface area contributed by atoms with E-state index in [-0.39, 0.29) is 18.6 Å². The van der Waals surface area contributed by atoms with E-state index in [9.17, 15) is 9.90 Å². The van der Waals surface area contributed by atoms with E-state index in [1.54, 1.807) is 19.1 Å². The van der Waals surface area contributed by atoms with E-state index in [4.69, 9.17) is 25.8 Å². The maximum Gasteiger partial charge on any atom is 0.344 e. The van der Waals surface area contributed by atoms with Crippen LogP contribution >= 0.6 is 11.6 Å². The van der Waals surface area contributed by atoms with Crippen molar-refractivity contribution >= 4 is 17.6 Å². The largest absolute Gasteiger partial charge is 0.487 e. The average Bonchev–Trinajstić information content (AvgIpc) is 2.90. The molecule has 7 heteroatoms. The van der Waals surface area contributed by atoms with Gasteiger partial charge in [-0.2, -0.15) is 0 Å². The van der Waals surface area contributed by atoms with Crippen LogP contribution in [0.5, 0.6) is 11.5 Å². The molecule has 3 aromatic carbocycles. The summed E-state index contributed by atoms with van der Waals surface area (Å²) in [6, 6.07) is 21.5. The van der Waals surface area contributed by atoms with E-state index in [2.05, 4.69) is 11.4 Å². The summed E-state index contributed by atoms with van der Waals surface area (Å²) in [5.41, 5.74) is 4.28. The summed E-state index contributed by atoms with van der Waals surface area (Å²) in [7, 11) is 0. The molecule has 2 N–H and O–H groups in total. The number of aliphatic hydroxyl groups excluding tert-OH is 1. The molecule has 0 heterocycles. The highest BCUT2D eigenvalue weighted by atomic mass is 35.5. The van der Waals surface area contributed by atoms with Gasteiger partial charge in [0.25, 0.3) is 0 Å². The van der Waals surface area contributed by atoms with Gasteiger partial charge in [-0.1, -0.05) is 54.1 Å². The zero-order valence-corrected chi connectivity index (χ0v) is 21.2. The maximum atomic E-state index is 11.6. The number of rotatable bonds is 11. The molecule has 0 aliphatic heterocycles. The Morgan fingerprint density at radius 1 is 1.08 bits per heavy atom. The van der Waals surface area contributed by atoms with Crippen molar-refractivity contribution in [1.82, 2.24) is 5.32 Å². The number of nitrogens with one attached hydrogen (secondary N) is 1. The Kier molecular flexibility index (Phi) is 9.23. The molecule has 0 spiro atoms. The summed E-state index contributed by atoms with van der Waals surface area (Å²) >= 11 is 6.43. The fraction of sp³-hybridized carbons (Fsp3) is 0.345. The van der Waals surface area contributed by atoms with Gasteiger partial charge in [-0.05, 0) is 72.7 Å². The van der Waals surface area contributed by atoms with Crippen LogP contribution < -0.4 is 14.8 Å². The maximum absolute atomic E-state index is 11.6. The molecule has 1 unspecified atom stereocenters. The highest BCUT2D eigenvalue weighted by molar-refractivity contribution is 6.32. The lowest BCUT2D eigenvalue weighted by Gasteiger charge is -2.27. The third-order valence-corrected chi connectivity index (χ3v) is 6.54. The van der Waals surface area contributed by atoms with Crippen molar-refractivity contribution in [1.29, 1.82) is 0 Å². The number of halogens is 1. The van der Waals surface area contributed by atoms with E-state index >= 15 is 0 Å². The SMILES string of the molecule is CCOC(=O)COc1ccc2c(c1)C[C@@H](NCC(O)c1ccc(OCc3ccccc3)c(Cl)c1)CC2. The number of ether oxygens (including phenoxy) is 3. The lowest BCUT2D eigenvalue weighted by Crippen LogP contribution is -2.37. The van der Waals surface area contributed by atoms with Crippen molar-refractivity contribution in [2.75, 3.05) is 19.8 Å². The van der Waals surface area contributed by atoms with Crippen molar-refractivity contribution < 1.29 is 24.1 Å². The normalized spacial score (nSPS) is 15.6. The molecule has 36 heavy (non-hydrogen) atoms. The number of carbonyl (C=O) groups is 1. The van der Waals surface area contributed by atoms with Gasteiger partial charge in [-0.15, -0.1) is 0 Å². The lowest BCUT2D eigenvalue weighted by atomic mass is 9.88. The van der Waals surface area contributed by atoms with E-state index in [0.717, 1.165) is 30.4 Å². The fourth-order valence-electron chi connectivity index (χ4n) is 4.32. The number of esters is 1. The van der Waals surface area contributed by atoms with Crippen LogP contribution in [0.3, 0.4) is 0 Å². The quantitative estimate of drug-likeness (QED) is 0.353. The first-order chi connectivity index (χ1) is 17.5. The van der Waals surface area contributed by atoms with Crippen LogP contribution in [0.15, 0.2) is 66.7 Å². The Hall–Kier alpha value is -3.06. The highest BCUT2D eigenvalue weighted by Gasteiger charge is 2.21. The van der Waals surface area contributed by atoms with Gasteiger partial charge in [-0.25, -0.2) is 4.79 Å². The van der Waals surface area contributed by atoms with Crippen molar-refractivity contribution in [2.24, 2.45) is 0 Å². The molecule has 0 amide bonds. The van der Waals surface area contributed by atoms with Gasteiger partial charge >= 0.3 is 5.97 Å². The summed E-state index contributed by atoms with van der Waals surface area (Å²) in [6.07, 6.45) is 2.06. The van der Waals surface area contributed by atoms with E-state index in [1.165, 1.54) is 11.1 Å². The molecule has 1 aliphatic rings. The summed E-state index contributed by atoms with van der Waals surface area (Å²) in [6.45, 7) is 2.86. The second-order valence-corrected chi connectivity index (χ2v) is 9.26. The van der Waals surface area contributed by atoms with Crippen LogP contribution in [0, 0.1) is 0 Å². The Balaban J connectivity index is 1.28. The number of fused-ring (bicyclic) bond motifs is 1. The third kappa shape index (κ3) is 7.23. The lowest BCUT2D eigenvalue weighted by molar-refractivity contribution is -0.145. The summed E-state index contributed by atoms with van der Waals surface area (Å²) in [5.74, 6) is 0.876. The molecule has 0 saturated carbocycles. The molecular formula is C29H32ClNO5. The number of aliphatic hydroxyl groups is 1. The second kappa shape index (κ2) is 12.8. The van der Waals surface area contributed by atoms with Gasteiger partial charge < -0.3 is 24.6 Å². The van der Waals surface area contributed by atoms with Gasteiger partial charge in [0, 0.05) is 12.6 Å². The fourth-order valence-corrected chi connectivity index (χ4v) is 4.56. The van der Waals surface area contributed by atoms with Crippen molar-refractivity contribution in [3.05, 3.63) is 94.0 Å². The molecule has 3 aromatic rings. The first-order valence-electron chi connectivity index (χ1n) is 12.3. The number of hydrogen-bond acceptors (Lipinski definition) is 6. The van der Waals surface area contributed by atoms with Crippen LogP contribution in [0.4, 0.5) is 0 Å². The van der Waals surface area contributed by atoms with Gasteiger partial charge in [0.05, 0.1) is 17.7 Å². The first-order valence-corrected chi connectivity index (χ1v) is 12.7. The molecule has 0 bridgehead atoms. The molecule has 0 saturated heterocycles. The first kappa shape index (κ1) is 26.0. The molecular weight excluding hydrogens is 478 g/mol. The Morgan fingerprint density at radius 2 is 1.92 bits per heavy atom. The van der Waals surface area contributed by atoms with Crippen LogP contribution in [0.1, 0.15) is 41.7 Å². The minimum absolute atomic E-state index is 0.0981. The van der Waals surface area contributed by atoms with Crippen LogP contribution in [-0.2, 0) is 29.0 Å². The molecule has 4 rings (SSSR count). The molecule has 1 aliphatic carbocycles. The molecule has 6 nitrogen and oxygen atoms in total. The molecule has 2 atom stereocenters. The van der Waals surface area contributed by atoms with E-state index < -0.39 is 6.10 Å². The zero-order chi connectivity index (χ0) is 25.3. The zero-order valence-electron chi connectivity index (χ0n) is 20.4.